The van der Waals surface area contributed by atoms with E-state index in [9.17, 15) is 4.39 Å². The van der Waals surface area contributed by atoms with E-state index < -0.39 is 0 Å². The van der Waals surface area contributed by atoms with Gasteiger partial charge in [0.05, 0.1) is 0 Å². The fraction of sp³-hybridized carbons (Fsp3) is 0.294. The Balaban J connectivity index is 2.09. The zero-order chi connectivity index (χ0) is 15.2. The highest BCUT2D eigenvalue weighted by atomic mass is 35.5. The summed E-state index contributed by atoms with van der Waals surface area (Å²) in [5, 5.41) is 3.97. The summed E-state index contributed by atoms with van der Waals surface area (Å²) in [6.07, 6.45) is 1.09. The van der Waals surface area contributed by atoms with Crippen molar-refractivity contribution in [2.75, 3.05) is 6.54 Å². The van der Waals surface area contributed by atoms with Crippen LogP contribution >= 0.6 is 11.6 Å². The Morgan fingerprint density at radius 3 is 2.67 bits per heavy atom. The molecule has 0 saturated heterocycles. The van der Waals surface area contributed by atoms with Gasteiger partial charge in [-0.2, -0.15) is 0 Å². The molecule has 4 heteroatoms. The SMILES string of the molecule is CCCNCc1ccc(Oc2ccc(F)cc2C)cc1Cl. The molecule has 0 fully saturated rings. The first-order chi connectivity index (χ1) is 10.1. The van der Waals surface area contributed by atoms with Gasteiger partial charge in [0.15, 0.2) is 0 Å². The Bertz CT molecular complexity index is 616. The van der Waals surface area contributed by atoms with Crippen LogP contribution in [0.5, 0.6) is 11.5 Å². The highest BCUT2D eigenvalue weighted by Gasteiger charge is 2.06. The van der Waals surface area contributed by atoms with Gasteiger partial charge < -0.3 is 10.1 Å². The lowest BCUT2D eigenvalue weighted by Crippen LogP contribution is -2.13. The van der Waals surface area contributed by atoms with E-state index in [0.29, 0.717) is 16.5 Å². The van der Waals surface area contributed by atoms with Crippen LogP contribution in [-0.2, 0) is 6.54 Å². The molecular weight excluding hydrogens is 289 g/mol. The van der Waals surface area contributed by atoms with Gasteiger partial charge in [-0.05, 0) is 61.3 Å². The number of benzene rings is 2. The molecule has 0 bridgehead atoms. The molecule has 2 aromatic rings. The summed E-state index contributed by atoms with van der Waals surface area (Å²) in [6.45, 7) is 5.63. The van der Waals surface area contributed by atoms with Gasteiger partial charge in [0.25, 0.3) is 0 Å². The summed E-state index contributed by atoms with van der Waals surface area (Å²) in [4.78, 5) is 0. The van der Waals surface area contributed by atoms with Crippen molar-refractivity contribution in [2.24, 2.45) is 0 Å². The molecule has 2 rings (SSSR count). The van der Waals surface area contributed by atoms with Crippen molar-refractivity contribution in [1.29, 1.82) is 0 Å². The molecule has 1 N–H and O–H groups in total. The third kappa shape index (κ3) is 4.45. The zero-order valence-corrected chi connectivity index (χ0v) is 13.0. The molecule has 21 heavy (non-hydrogen) atoms. The van der Waals surface area contributed by atoms with Crippen LogP contribution in [0.25, 0.3) is 0 Å². The minimum atomic E-state index is -0.268. The number of halogens is 2. The second-order valence-corrected chi connectivity index (χ2v) is 5.35. The van der Waals surface area contributed by atoms with E-state index in [1.54, 1.807) is 12.1 Å². The quantitative estimate of drug-likeness (QED) is 0.751. The van der Waals surface area contributed by atoms with Gasteiger partial charge in [-0.15, -0.1) is 0 Å². The molecule has 0 spiro atoms. The van der Waals surface area contributed by atoms with Crippen LogP contribution in [0.4, 0.5) is 4.39 Å². The van der Waals surface area contributed by atoms with Gasteiger partial charge in [-0.1, -0.05) is 24.6 Å². The standard InChI is InChI=1S/C17H19ClFNO/c1-3-8-20-11-13-4-6-15(10-16(13)18)21-17-7-5-14(19)9-12(17)2/h4-7,9-10,20H,3,8,11H2,1-2H3. The predicted octanol–water partition coefficient (Wildman–Crippen LogP) is 5.08. The van der Waals surface area contributed by atoms with E-state index >= 15 is 0 Å². The Kier molecular flexibility index (Phi) is 5.59. The Morgan fingerprint density at radius 2 is 2.00 bits per heavy atom. The maximum Gasteiger partial charge on any atom is 0.130 e. The third-order valence-electron chi connectivity index (χ3n) is 3.13. The second kappa shape index (κ2) is 7.43. The monoisotopic (exact) mass is 307 g/mol. The first-order valence-corrected chi connectivity index (χ1v) is 7.41. The van der Waals surface area contributed by atoms with Crippen LogP contribution in [0, 0.1) is 12.7 Å². The summed E-state index contributed by atoms with van der Waals surface area (Å²) in [5.41, 5.74) is 1.79. The van der Waals surface area contributed by atoms with Crippen LogP contribution in [0.2, 0.25) is 5.02 Å². The van der Waals surface area contributed by atoms with Crippen LogP contribution in [0.3, 0.4) is 0 Å². The van der Waals surface area contributed by atoms with Crippen molar-refractivity contribution >= 4 is 11.6 Å². The number of hydrogen-bond donors (Lipinski definition) is 1. The lowest BCUT2D eigenvalue weighted by molar-refractivity contribution is 0.476. The first-order valence-electron chi connectivity index (χ1n) is 7.03. The first kappa shape index (κ1) is 15.8. The Labute approximate surface area is 129 Å². The molecule has 0 aliphatic heterocycles. The Hall–Kier alpha value is -1.58. The third-order valence-corrected chi connectivity index (χ3v) is 3.48. The zero-order valence-electron chi connectivity index (χ0n) is 12.2. The topological polar surface area (TPSA) is 21.3 Å². The highest BCUT2D eigenvalue weighted by molar-refractivity contribution is 6.31. The fourth-order valence-corrected chi connectivity index (χ4v) is 2.23. The maximum atomic E-state index is 13.1. The molecule has 0 heterocycles. The minimum Gasteiger partial charge on any atom is -0.457 e. The summed E-state index contributed by atoms with van der Waals surface area (Å²) in [5.74, 6) is 1.01. The van der Waals surface area contributed by atoms with Gasteiger partial charge in [0.2, 0.25) is 0 Å². The van der Waals surface area contributed by atoms with Crippen molar-refractivity contribution in [3.8, 4) is 11.5 Å². The summed E-state index contributed by atoms with van der Waals surface area (Å²) < 4.78 is 18.8. The highest BCUT2D eigenvalue weighted by Crippen LogP contribution is 2.29. The Morgan fingerprint density at radius 1 is 1.19 bits per heavy atom. The lowest BCUT2D eigenvalue weighted by atomic mass is 10.2. The van der Waals surface area contributed by atoms with Crippen LogP contribution < -0.4 is 10.1 Å². The van der Waals surface area contributed by atoms with E-state index in [4.69, 9.17) is 16.3 Å². The van der Waals surface area contributed by atoms with Gasteiger partial charge >= 0.3 is 0 Å². The second-order valence-electron chi connectivity index (χ2n) is 4.94. The van der Waals surface area contributed by atoms with E-state index in [1.165, 1.54) is 12.1 Å². The van der Waals surface area contributed by atoms with Crippen LogP contribution in [0.1, 0.15) is 24.5 Å². The lowest BCUT2D eigenvalue weighted by Gasteiger charge is -2.11. The van der Waals surface area contributed by atoms with Crippen molar-refractivity contribution in [3.05, 3.63) is 58.4 Å². The fourth-order valence-electron chi connectivity index (χ4n) is 1.99. The molecule has 2 nitrogen and oxygen atoms in total. The van der Waals surface area contributed by atoms with Crippen LogP contribution in [-0.4, -0.2) is 6.54 Å². The summed E-state index contributed by atoms with van der Waals surface area (Å²) in [6, 6.07) is 10.0. The van der Waals surface area contributed by atoms with Crippen molar-refractivity contribution in [1.82, 2.24) is 5.32 Å². The van der Waals surface area contributed by atoms with E-state index in [1.807, 2.05) is 19.1 Å². The number of ether oxygens (including phenoxy) is 1. The van der Waals surface area contributed by atoms with Gasteiger partial charge in [-0.3, -0.25) is 0 Å². The van der Waals surface area contributed by atoms with Gasteiger partial charge in [-0.25, -0.2) is 4.39 Å². The van der Waals surface area contributed by atoms with Gasteiger partial charge in [0, 0.05) is 11.6 Å². The predicted molar refractivity (Wildman–Crippen MR) is 84.7 cm³/mol. The number of hydrogen-bond acceptors (Lipinski definition) is 2. The van der Waals surface area contributed by atoms with Crippen LogP contribution in [0.15, 0.2) is 36.4 Å². The van der Waals surface area contributed by atoms with E-state index in [-0.39, 0.29) is 5.82 Å². The molecule has 0 amide bonds. The summed E-state index contributed by atoms with van der Waals surface area (Å²) in [7, 11) is 0. The van der Waals surface area contributed by atoms with Gasteiger partial charge in [0.1, 0.15) is 17.3 Å². The van der Waals surface area contributed by atoms with Crippen molar-refractivity contribution < 1.29 is 9.13 Å². The van der Waals surface area contributed by atoms with Crippen molar-refractivity contribution in [2.45, 2.75) is 26.8 Å². The normalized spacial score (nSPS) is 10.7. The largest absolute Gasteiger partial charge is 0.457 e. The average molecular weight is 308 g/mol. The molecule has 0 unspecified atom stereocenters. The summed E-state index contributed by atoms with van der Waals surface area (Å²) >= 11 is 6.26. The molecular formula is C17H19ClFNO. The molecule has 0 aliphatic carbocycles. The number of nitrogens with one attached hydrogen (secondary N) is 1. The molecule has 0 saturated carbocycles. The number of rotatable bonds is 6. The number of aryl methyl sites for hydroxylation is 1. The smallest absolute Gasteiger partial charge is 0.130 e. The molecule has 0 aromatic heterocycles. The van der Waals surface area contributed by atoms with Crippen molar-refractivity contribution in [3.63, 3.8) is 0 Å². The molecule has 0 aliphatic rings. The molecule has 0 atom stereocenters. The molecule has 112 valence electrons. The van der Waals surface area contributed by atoms with E-state index in [2.05, 4.69) is 12.2 Å². The van der Waals surface area contributed by atoms with E-state index in [0.717, 1.165) is 30.6 Å². The maximum absolute atomic E-state index is 13.1. The minimum absolute atomic E-state index is 0.268. The molecule has 0 radical (unpaired) electrons. The average Bonchev–Trinajstić information content (AvgIpc) is 2.44. The molecule has 2 aromatic carbocycles.